The molecule has 0 saturated heterocycles. The first-order valence-corrected chi connectivity index (χ1v) is 10.00. The molecule has 0 N–H and O–H groups in total. The number of hydrogen-bond donors (Lipinski definition) is 0. The molecule has 1 heterocycles. The normalized spacial score (nSPS) is 14.2. The van der Waals surface area contributed by atoms with E-state index in [4.69, 9.17) is 28.3 Å². The van der Waals surface area contributed by atoms with Crippen LogP contribution in [0.2, 0.25) is 10.0 Å². The summed E-state index contributed by atoms with van der Waals surface area (Å²) in [5.41, 5.74) is 3.01. The molecule has 4 rings (SSSR count). The van der Waals surface area contributed by atoms with Crippen LogP contribution in [-0.2, 0) is 7.05 Å². The van der Waals surface area contributed by atoms with Gasteiger partial charge in [0.15, 0.2) is 0 Å². The highest BCUT2D eigenvalue weighted by Crippen LogP contribution is 2.39. The van der Waals surface area contributed by atoms with Crippen molar-refractivity contribution in [1.82, 2.24) is 9.78 Å². The van der Waals surface area contributed by atoms with Crippen molar-refractivity contribution in [2.24, 2.45) is 13.0 Å². The second kappa shape index (κ2) is 7.13. The first-order chi connectivity index (χ1) is 12.6. The van der Waals surface area contributed by atoms with Crippen LogP contribution in [0.1, 0.15) is 26.2 Å². The van der Waals surface area contributed by atoms with Crippen LogP contribution in [0.3, 0.4) is 0 Å². The van der Waals surface area contributed by atoms with Gasteiger partial charge in [0.25, 0.3) is 0 Å². The minimum atomic E-state index is 0.645. The molecule has 1 saturated carbocycles. The number of aryl methyl sites for hydroxylation is 1. The number of aromatic nitrogens is 2. The predicted molar refractivity (Wildman–Crippen MR) is 111 cm³/mol. The molecule has 0 spiro atoms. The molecular weight excluding hydrogens is 365 g/mol. The van der Waals surface area contributed by atoms with Crippen molar-refractivity contribution in [3.05, 3.63) is 46.4 Å². The Morgan fingerprint density at radius 1 is 1.15 bits per heavy atom. The highest BCUT2D eigenvalue weighted by atomic mass is 35.5. The quantitative estimate of drug-likeness (QED) is 0.503. The second-order valence-electron chi connectivity index (χ2n) is 7.16. The molecule has 0 radical (unpaired) electrons. The smallest absolute Gasteiger partial charge is 0.134 e. The Morgan fingerprint density at radius 2 is 1.96 bits per heavy atom. The zero-order valence-corrected chi connectivity index (χ0v) is 16.7. The zero-order valence-electron chi connectivity index (χ0n) is 15.2. The molecule has 1 aliphatic carbocycles. The molecule has 3 nitrogen and oxygen atoms in total. The van der Waals surface area contributed by atoms with Crippen molar-refractivity contribution in [3.63, 3.8) is 0 Å². The molecular formula is C21H23Cl2N3. The maximum absolute atomic E-state index is 6.47. The number of fused-ring (bicyclic) bond motifs is 1. The minimum absolute atomic E-state index is 0.645. The maximum atomic E-state index is 6.47. The molecule has 2 aromatic carbocycles. The van der Waals surface area contributed by atoms with E-state index in [2.05, 4.69) is 30.0 Å². The molecule has 0 bridgehead atoms. The monoisotopic (exact) mass is 387 g/mol. The first-order valence-electron chi connectivity index (χ1n) is 9.24. The summed E-state index contributed by atoms with van der Waals surface area (Å²) in [4.78, 5) is 2.50. The molecule has 1 fully saturated rings. The van der Waals surface area contributed by atoms with Gasteiger partial charge < -0.3 is 4.90 Å². The van der Waals surface area contributed by atoms with Gasteiger partial charge in [-0.15, -0.1) is 0 Å². The Kier molecular flexibility index (Phi) is 4.85. The fourth-order valence-corrected chi connectivity index (χ4v) is 4.18. The average Bonchev–Trinajstić information content (AvgIpc) is 3.34. The zero-order chi connectivity index (χ0) is 18.3. The van der Waals surface area contributed by atoms with Crippen molar-refractivity contribution < 1.29 is 0 Å². The van der Waals surface area contributed by atoms with E-state index in [1.54, 1.807) is 6.07 Å². The lowest BCUT2D eigenvalue weighted by molar-refractivity contribution is 0.663. The van der Waals surface area contributed by atoms with Gasteiger partial charge in [-0.2, -0.15) is 5.10 Å². The molecule has 0 amide bonds. The van der Waals surface area contributed by atoms with Crippen LogP contribution >= 0.6 is 23.2 Å². The third-order valence-electron chi connectivity index (χ3n) is 5.02. The standard InChI is InChI=1S/C21H23Cl2N3/c1-3-11-26(13-14-7-8-14)21-18-6-4-5-17(20(18)24-25(21)2)16-10-9-15(22)12-19(16)23/h4-6,9-10,12,14H,3,7-8,11,13H2,1-2H3. The number of halogens is 2. The van der Waals surface area contributed by atoms with Crippen molar-refractivity contribution >= 4 is 39.9 Å². The lowest BCUT2D eigenvalue weighted by Gasteiger charge is -2.24. The highest BCUT2D eigenvalue weighted by molar-refractivity contribution is 6.36. The van der Waals surface area contributed by atoms with Crippen LogP contribution in [0.4, 0.5) is 5.82 Å². The van der Waals surface area contributed by atoms with Crippen LogP contribution in [0.25, 0.3) is 22.0 Å². The summed E-state index contributed by atoms with van der Waals surface area (Å²) in [6.07, 6.45) is 3.82. The summed E-state index contributed by atoms with van der Waals surface area (Å²) >= 11 is 12.5. The molecule has 3 aromatic rings. The van der Waals surface area contributed by atoms with Gasteiger partial charge in [0, 0.05) is 46.7 Å². The SMILES string of the molecule is CCCN(CC1CC1)c1c2cccc(-c3ccc(Cl)cc3Cl)c2nn1C. The van der Waals surface area contributed by atoms with E-state index >= 15 is 0 Å². The maximum Gasteiger partial charge on any atom is 0.134 e. The summed E-state index contributed by atoms with van der Waals surface area (Å²) in [5.74, 6) is 2.04. The van der Waals surface area contributed by atoms with E-state index in [1.807, 2.05) is 23.9 Å². The van der Waals surface area contributed by atoms with Gasteiger partial charge in [-0.1, -0.05) is 48.3 Å². The average molecular weight is 388 g/mol. The van der Waals surface area contributed by atoms with Gasteiger partial charge in [-0.3, -0.25) is 4.68 Å². The van der Waals surface area contributed by atoms with Gasteiger partial charge in [0.2, 0.25) is 0 Å². The van der Waals surface area contributed by atoms with E-state index in [1.165, 1.54) is 24.0 Å². The molecule has 1 aliphatic rings. The number of benzene rings is 2. The van der Waals surface area contributed by atoms with Crippen molar-refractivity contribution in [3.8, 4) is 11.1 Å². The molecule has 0 unspecified atom stereocenters. The minimum Gasteiger partial charge on any atom is -0.356 e. The molecule has 0 atom stereocenters. The highest BCUT2D eigenvalue weighted by Gasteiger charge is 2.27. The number of nitrogens with zero attached hydrogens (tertiary/aromatic N) is 3. The van der Waals surface area contributed by atoms with Crippen molar-refractivity contribution in [2.45, 2.75) is 26.2 Å². The largest absolute Gasteiger partial charge is 0.356 e. The second-order valence-corrected chi connectivity index (χ2v) is 8.01. The molecule has 1 aromatic heterocycles. The Bertz CT molecular complexity index is 944. The summed E-state index contributed by atoms with van der Waals surface area (Å²) in [6.45, 7) is 4.41. The summed E-state index contributed by atoms with van der Waals surface area (Å²) < 4.78 is 2.02. The van der Waals surface area contributed by atoms with Crippen molar-refractivity contribution in [1.29, 1.82) is 0 Å². The third-order valence-corrected chi connectivity index (χ3v) is 5.57. The first kappa shape index (κ1) is 17.7. The fraction of sp³-hybridized carbons (Fsp3) is 0.381. The Morgan fingerprint density at radius 3 is 2.65 bits per heavy atom. The van der Waals surface area contributed by atoms with Gasteiger partial charge in [-0.05, 0) is 43.4 Å². The predicted octanol–water partition coefficient (Wildman–Crippen LogP) is 6.17. The van der Waals surface area contributed by atoms with E-state index in [-0.39, 0.29) is 0 Å². The lowest BCUT2D eigenvalue weighted by atomic mass is 10.0. The summed E-state index contributed by atoms with van der Waals surface area (Å²) in [5, 5.41) is 7.35. The molecule has 26 heavy (non-hydrogen) atoms. The van der Waals surface area contributed by atoms with Gasteiger partial charge >= 0.3 is 0 Å². The van der Waals surface area contributed by atoms with Crippen molar-refractivity contribution in [2.75, 3.05) is 18.0 Å². The third kappa shape index (κ3) is 3.30. The van der Waals surface area contributed by atoms with Gasteiger partial charge in [-0.25, -0.2) is 0 Å². The van der Waals surface area contributed by atoms with Crippen LogP contribution in [0.15, 0.2) is 36.4 Å². The van der Waals surface area contributed by atoms with E-state index in [0.717, 1.165) is 42.1 Å². The van der Waals surface area contributed by atoms with E-state index < -0.39 is 0 Å². The topological polar surface area (TPSA) is 21.1 Å². The Hall–Kier alpha value is -1.71. The number of hydrogen-bond acceptors (Lipinski definition) is 2. The summed E-state index contributed by atoms with van der Waals surface area (Å²) in [6, 6.07) is 12.0. The van der Waals surface area contributed by atoms with Gasteiger partial charge in [0.05, 0.1) is 0 Å². The van der Waals surface area contributed by atoms with Crippen LogP contribution in [-0.4, -0.2) is 22.9 Å². The fourth-order valence-electron chi connectivity index (χ4n) is 3.67. The molecule has 5 heteroatoms. The Labute approximate surface area is 164 Å². The molecule has 0 aliphatic heterocycles. The van der Waals surface area contributed by atoms with Crippen LogP contribution in [0.5, 0.6) is 0 Å². The number of anilines is 1. The Balaban J connectivity index is 1.85. The molecule has 136 valence electrons. The lowest BCUT2D eigenvalue weighted by Crippen LogP contribution is -2.28. The number of rotatable bonds is 6. The summed E-state index contributed by atoms with van der Waals surface area (Å²) in [7, 11) is 2.04. The van der Waals surface area contributed by atoms with E-state index in [0.29, 0.717) is 10.0 Å². The van der Waals surface area contributed by atoms with Crippen LogP contribution in [0, 0.1) is 5.92 Å². The van der Waals surface area contributed by atoms with Gasteiger partial charge in [0.1, 0.15) is 11.3 Å². The van der Waals surface area contributed by atoms with E-state index in [9.17, 15) is 0 Å². The van der Waals surface area contributed by atoms with Crippen LogP contribution < -0.4 is 4.90 Å².